The fourth-order valence-electron chi connectivity index (χ4n) is 3.55. The minimum Gasteiger partial charge on any atom is -0.445 e. The molecule has 0 unspecified atom stereocenters. The van der Waals surface area contributed by atoms with Gasteiger partial charge in [-0.05, 0) is 31.0 Å². The van der Waals surface area contributed by atoms with Gasteiger partial charge in [-0.25, -0.2) is 9.78 Å². The van der Waals surface area contributed by atoms with Crippen molar-refractivity contribution in [3.63, 3.8) is 0 Å². The lowest BCUT2D eigenvalue weighted by atomic mass is 9.95. The van der Waals surface area contributed by atoms with E-state index in [0.717, 1.165) is 0 Å². The second-order valence-corrected chi connectivity index (χ2v) is 7.10. The molecule has 1 aromatic carbocycles. The standard InChI is InChI=1S/C21H22N4O5/c1-2-8-30-21(29)25-7-3-4-19(27)18(25)10-15(26)12-24-13-23-17-6-5-14(11-22)9-16(17)20(24)28/h2,5-6,9,13,18-19,27H,1,3-4,7-8,10,12H2/t18-,19+/m0/s1. The highest BCUT2D eigenvalue weighted by Crippen LogP contribution is 2.22. The molecule has 1 amide bonds. The number of nitriles is 1. The molecule has 1 aliphatic rings. The van der Waals surface area contributed by atoms with Gasteiger partial charge in [-0.1, -0.05) is 12.7 Å². The van der Waals surface area contributed by atoms with Gasteiger partial charge in [0.2, 0.25) is 0 Å². The number of hydrogen-bond donors (Lipinski definition) is 1. The zero-order chi connectivity index (χ0) is 21.7. The maximum Gasteiger partial charge on any atom is 0.410 e. The molecule has 0 bridgehead atoms. The van der Waals surface area contributed by atoms with Gasteiger partial charge in [0.25, 0.3) is 5.56 Å². The molecule has 0 radical (unpaired) electrons. The van der Waals surface area contributed by atoms with Crippen LogP contribution in [0.4, 0.5) is 4.79 Å². The van der Waals surface area contributed by atoms with E-state index >= 15 is 0 Å². The summed E-state index contributed by atoms with van der Waals surface area (Å²) in [6.07, 6.45) is 2.20. The van der Waals surface area contributed by atoms with Gasteiger partial charge < -0.3 is 14.7 Å². The van der Waals surface area contributed by atoms with Gasteiger partial charge >= 0.3 is 6.09 Å². The zero-order valence-electron chi connectivity index (χ0n) is 16.4. The Morgan fingerprint density at radius 3 is 2.97 bits per heavy atom. The zero-order valence-corrected chi connectivity index (χ0v) is 16.4. The van der Waals surface area contributed by atoms with Crippen molar-refractivity contribution in [3.8, 4) is 6.07 Å². The fraction of sp³-hybridized carbons (Fsp3) is 0.381. The molecule has 1 fully saturated rings. The molecule has 2 atom stereocenters. The van der Waals surface area contributed by atoms with Gasteiger partial charge in [-0.2, -0.15) is 5.26 Å². The number of amides is 1. The lowest BCUT2D eigenvalue weighted by Crippen LogP contribution is -2.52. The van der Waals surface area contributed by atoms with E-state index in [1.54, 1.807) is 12.1 Å². The molecule has 1 saturated heterocycles. The molecule has 9 heteroatoms. The molecule has 0 aliphatic carbocycles. The maximum atomic E-state index is 12.7. The third kappa shape index (κ3) is 4.55. The fourth-order valence-corrected chi connectivity index (χ4v) is 3.55. The molecule has 3 rings (SSSR count). The molecule has 2 heterocycles. The summed E-state index contributed by atoms with van der Waals surface area (Å²) in [5.41, 5.74) is 0.322. The van der Waals surface area contributed by atoms with Crippen molar-refractivity contribution in [2.75, 3.05) is 13.2 Å². The van der Waals surface area contributed by atoms with Crippen molar-refractivity contribution in [1.82, 2.24) is 14.5 Å². The van der Waals surface area contributed by atoms with E-state index in [0.29, 0.717) is 30.5 Å². The number of aliphatic hydroxyl groups is 1. The molecule has 30 heavy (non-hydrogen) atoms. The van der Waals surface area contributed by atoms with E-state index in [2.05, 4.69) is 11.6 Å². The van der Waals surface area contributed by atoms with Crippen LogP contribution in [0.2, 0.25) is 0 Å². The van der Waals surface area contributed by atoms with Gasteiger partial charge in [0.15, 0.2) is 5.78 Å². The van der Waals surface area contributed by atoms with Crippen LogP contribution in [0.15, 0.2) is 42.0 Å². The summed E-state index contributed by atoms with van der Waals surface area (Å²) < 4.78 is 6.22. The molecule has 1 N–H and O–H groups in total. The van der Waals surface area contributed by atoms with Gasteiger partial charge in [0, 0.05) is 13.0 Å². The van der Waals surface area contributed by atoms with E-state index in [4.69, 9.17) is 10.00 Å². The number of fused-ring (bicyclic) bond motifs is 1. The van der Waals surface area contributed by atoms with E-state index in [1.165, 1.54) is 27.9 Å². The van der Waals surface area contributed by atoms with Crippen LogP contribution < -0.4 is 5.56 Å². The number of carbonyl (C=O) groups excluding carboxylic acids is 2. The van der Waals surface area contributed by atoms with Crippen LogP contribution in [-0.2, 0) is 16.1 Å². The van der Waals surface area contributed by atoms with Crippen molar-refractivity contribution in [3.05, 3.63) is 53.1 Å². The summed E-state index contributed by atoms with van der Waals surface area (Å²) in [6, 6.07) is 5.82. The number of piperidine rings is 1. The smallest absolute Gasteiger partial charge is 0.410 e. The Hall–Kier alpha value is -3.51. The predicted octanol–water partition coefficient (Wildman–Crippen LogP) is 1.38. The number of nitrogens with zero attached hydrogens (tertiary/aromatic N) is 4. The minimum atomic E-state index is -0.858. The van der Waals surface area contributed by atoms with Crippen LogP contribution in [0.1, 0.15) is 24.8 Å². The van der Waals surface area contributed by atoms with E-state index < -0.39 is 23.8 Å². The first-order valence-corrected chi connectivity index (χ1v) is 9.58. The second kappa shape index (κ2) is 9.33. The summed E-state index contributed by atoms with van der Waals surface area (Å²) in [4.78, 5) is 43.2. The highest BCUT2D eigenvalue weighted by molar-refractivity contribution is 5.81. The predicted molar refractivity (Wildman–Crippen MR) is 108 cm³/mol. The van der Waals surface area contributed by atoms with Gasteiger partial charge in [0.05, 0.1) is 47.6 Å². The van der Waals surface area contributed by atoms with E-state index in [9.17, 15) is 19.5 Å². The Balaban J connectivity index is 1.77. The second-order valence-electron chi connectivity index (χ2n) is 7.10. The summed E-state index contributed by atoms with van der Waals surface area (Å²) in [6.45, 7) is 3.65. The highest BCUT2D eigenvalue weighted by atomic mass is 16.6. The molecule has 1 aromatic heterocycles. The summed E-state index contributed by atoms with van der Waals surface area (Å²) in [5, 5.41) is 19.6. The lowest BCUT2D eigenvalue weighted by Gasteiger charge is -2.37. The van der Waals surface area contributed by atoms with Crippen molar-refractivity contribution in [1.29, 1.82) is 5.26 Å². The molecule has 156 valence electrons. The molecule has 0 saturated carbocycles. The van der Waals surface area contributed by atoms with Gasteiger partial charge in [-0.3, -0.25) is 14.2 Å². The van der Waals surface area contributed by atoms with Crippen LogP contribution >= 0.6 is 0 Å². The number of aromatic nitrogens is 2. The Morgan fingerprint density at radius 2 is 2.23 bits per heavy atom. The molecular formula is C21H22N4O5. The average molecular weight is 410 g/mol. The normalized spacial score (nSPS) is 18.6. The van der Waals surface area contributed by atoms with Gasteiger partial charge in [-0.15, -0.1) is 0 Å². The molecule has 1 aliphatic heterocycles. The maximum absolute atomic E-state index is 12.7. The Morgan fingerprint density at radius 1 is 1.43 bits per heavy atom. The number of rotatable bonds is 6. The van der Waals surface area contributed by atoms with Crippen molar-refractivity contribution in [2.24, 2.45) is 0 Å². The van der Waals surface area contributed by atoms with E-state index in [1.807, 2.05) is 6.07 Å². The lowest BCUT2D eigenvalue weighted by molar-refractivity contribution is -0.122. The number of Topliss-reactive ketones (excluding diaryl/α,β-unsaturated/α-hetero) is 1. The molecular weight excluding hydrogens is 388 g/mol. The van der Waals surface area contributed by atoms with Gasteiger partial charge in [0.1, 0.15) is 6.61 Å². The number of ketones is 1. The largest absolute Gasteiger partial charge is 0.445 e. The van der Waals surface area contributed by atoms with Crippen molar-refractivity contribution in [2.45, 2.75) is 38.0 Å². The quantitative estimate of drug-likeness (QED) is 0.713. The van der Waals surface area contributed by atoms with Crippen LogP contribution in [-0.4, -0.2) is 56.7 Å². The summed E-state index contributed by atoms with van der Waals surface area (Å²) >= 11 is 0. The first-order valence-electron chi connectivity index (χ1n) is 9.58. The summed E-state index contributed by atoms with van der Waals surface area (Å²) in [5.74, 6) is -0.331. The van der Waals surface area contributed by atoms with Crippen LogP contribution in [0.25, 0.3) is 10.9 Å². The number of aliphatic hydroxyl groups excluding tert-OH is 1. The number of likely N-dealkylation sites (tertiary alicyclic amines) is 1. The van der Waals surface area contributed by atoms with Crippen LogP contribution in [0, 0.1) is 11.3 Å². The van der Waals surface area contributed by atoms with Crippen LogP contribution in [0.5, 0.6) is 0 Å². The van der Waals surface area contributed by atoms with Crippen LogP contribution in [0.3, 0.4) is 0 Å². The number of ether oxygens (including phenoxy) is 1. The highest BCUT2D eigenvalue weighted by Gasteiger charge is 2.35. The molecule has 9 nitrogen and oxygen atoms in total. The number of hydrogen-bond acceptors (Lipinski definition) is 7. The molecule has 0 spiro atoms. The SMILES string of the molecule is C=CCOC(=O)N1CCC[C@@H](O)[C@@H]1CC(=O)Cn1cnc2ccc(C#N)cc2c1=O. The van der Waals surface area contributed by atoms with Crippen molar-refractivity contribution >= 4 is 22.8 Å². The average Bonchev–Trinajstić information content (AvgIpc) is 2.75. The number of benzene rings is 1. The minimum absolute atomic E-state index is 0.0366. The Bertz CT molecular complexity index is 1070. The first-order chi connectivity index (χ1) is 14.4. The Labute approximate surface area is 172 Å². The topological polar surface area (TPSA) is 126 Å². The molecule has 2 aromatic rings. The van der Waals surface area contributed by atoms with E-state index in [-0.39, 0.29) is 30.7 Å². The summed E-state index contributed by atoms with van der Waals surface area (Å²) in [7, 11) is 0. The monoisotopic (exact) mass is 410 g/mol. The Kier molecular flexibility index (Phi) is 6.59. The number of carbonyl (C=O) groups is 2. The third-order valence-corrected chi connectivity index (χ3v) is 5.04. The third-order valence-electron chi connectivity index (χ3n) is 5.04. The van der Waals surface area contributed by atoms with Crippen molar-refractivity contribution < 1.29 is 19.4 Å². The first kappa shape index (κ1) is 21.2.